The molecule has 2 aromatic rings. The summed E-state index contributed by atoms with van der Waals surface area (Å²) in [4.78, 5) is 23.1. The lowest BCUT2D eigenvalue weighted by molar-refractivity contribution is 0.0696. The second-order valence-corrected chi connectivity index (χ2v) is 5.40. The normalized spacial score (nSPS) is 10.2. The van der Waals surface area contributed by atoms with E-state index < -0.39 is 11.9 Å². The summed E-state index contributed by atoms with van der Waals surface area (Å²) in [5, 5.41) is 21.2. The van der Waals surface area contributed by atoms with Gasteiger partial charge in [-0.2, -0.15) is 0 Å². The molecule has 0 atom stereocenters. The predicted molar refractivity (Wildman–Crippen MR) is 81.9 cm³/mol. The summed E-state index contributed by atoms with van der Waals surface area (Å²) in [6.45, 7) is 1.73. The van der Waals surface area contributed by atoms with Gasteiger partial charge < -0.3 is 15.5 Å². The molecule has 0 unspecified atom stereocenters. The molecule has 2 rings (SSSR count). The zero-order valence-electron chi connectivity index (χ0n) is 11.1. The summed E-state index contributed by atoms with van der Waals surface area (Å²) in [6.07, 6.45) is 0. The van der Waals surface area contributed by atoms with Crippen LogP contribution in [0.2, 0.25) is 0 Å². The SMILES string of the molecule is Cc1ccc(C(=O)Nc2cc(Br)cc(C(=O)O)c2)cc1O. The van der Waals surface area contributed by atoms with E-state index in [2.05, 4.69) is 21.2 Å². The van der Waals surface area contributed by atoms with E-state index in [0.29, 0.717) is 15.7 Å². The fraction of sp³-hybridized carbons (Fsp3) is 0.0667. The number of hydrogen-bond acceptors (Lipinski definition) is 3. The number of carboxylic acid groups (broad SMARTS) is 1. The average molecular weight is 350 g/mol. The first kappa shape index (κ1) is 15.1. The van der Waals surface area contributed by atoms with Gasteiger partial charge in [-0.1, -0.05) is 22.0 Å². The lowest BCUT2D eigenvalue weighted by atomic mass is 10.1. The largest absolute Gasteiger partial charge is 0.508 e. The van der Waals surface area contributed by atoms with Crippen molar-refractivity contribution in [2.75, 3.05) is 5.32 Å². The Morgan fingerprint density at radius 2 is 1.81 bits per heavy atom. The van der Waals surface area contributed by atoms with E-state index in [0.717, 1.165) is 0 Å². The van der Waals surface area contributed by atoms with Crippen LogP contribution in [-0.4, -0.2) is 22.1 Å². The maximum absolute atomic E-state index is 12.1. The van der Waals surface area contributed by atoms with Crippen molar-refractivity contribution in [2.45, 2.75) is 6.92 Å². The Morgan fingerprint density at radius 1 is 1.10 bits per heavy atom. The summed E-state index contributed by atoms with van der Waals surface area (Å²) < 4.78 is 0.546. The first-order valence-corrected chi connectivity index (χ1v) is 6.81. The number of aryl methyl sites for hydroxylation is 1. The minimum Gasteiger partial charge on any atom is -0.508 e. The lowest BCUT2D eigenvalue weighted by Crippen LogP contribution is -2.12. The minimum atomic E-state index is -1.08. The van der Waals surface area contributed by atoms with Crippen molar-refractivity contribution in [3.05, 3.63) is 57.6 Å². The number of carbonyl (C=O) groups excluding carboxylic acids is 1. The number of phenols is 1. The number of halogens is 1. The zero-order valence-corrected chi connectivity index (χ0v) is 12.6. The van der Waals surface area contributed by atoms with Crippen LogP contribution in [0.3, 0.4) is 0 Å². The van der Waals surface area contributed by atoms with Crippen molar-refractivity contribution in [1.29, 1.82) is 0 Å². The predicted octanol–water partition coefficient (Wildman–Crippen LogP) is 3.41. The molecule has 0 saturated carbocycles. The number of hydrogen-bond donors (Lipinski definition) is 3. The van der Waals surface area contributed by atoms with Gasteiger partial charge in [-0.25, -0.2) is 4.79 Å². The van der Waals surface area contributed by atoms with E-state index in [4.69, 9.17) is 5.11 Å². The van der Waals surface area contributed by atoms with Gasteiger partial charge in [0.1, 0.15) is 5.75 Å². The Hall–Kier alpha value is -2.34. The Labute approximate surface area is 129 Å². The van der Waals surface area contributed by atoms with Crippen LogP contribution < -0.4 is 5.32 Å². The highest BCUT2D eigenvalue weighted by Crippen LogP contribution is 2.22. The summed E-state index contributed by atoms with van der Waals surface area (Å²) in [7, 11) is 0. The third-order valence-corrected chi connectivity index (χ3v) is 3.33. The number of nitrogens with one attached hydrogen (secondary N) is 1. The van der Waals surface area contributed by atoms with Crippen LogP contribution in [0.25, 0.3) is 0 Å². The van der Waals surface area contributed by atoms with Crippen molar-refractivity contribution in [1.82, 2.24) is 0 Å². The van der Waals surface area contributed by atoms with Crippen LogP contribution in [0.1, 0.15) is 26.3 Å². The Bertz CT molecular complexity index is 728. The molecule has 0 aliphatic rings. The van der Waals surface area contributed by atoms with Gasteiger partial charge in [0.25, 0.3) is 5.91 Å². The van der Waals surface area contributed by atoms with Gasteiger partial charge in [0.2, 0.25) is 0 Å². The highest BCUT2D eigenvalue weighted by Gasteiger charge is 2.11. The summed E-state index contributed by atoms with van der Waals surface area (Å²) in [5.74, 6) is -1.48. The number of rotatable bonds is 3. The van der Waals surface area contributed by atoms with Crippen LogP contribution in [0.15, 0.2) is 40.9 Å². The number of carbonyl (C=O) groups is 2. The van der Waals surface area contributed by atoms with Gasteiger partial charge in [0, 0.05) is 15.7 Å². The molecule has 0 heterocycles. The van der Waals surface area contributed by atoms with E-state index in [1.165, 1.54) is 18.2 Å². The molecule has 0 spiro atoms. The highest BCUT2D eigenvalue weighted by atomic mass is 79.9. The van der Waals surface area contributed by atoms with Gasteiger partial charge in [-0.15, -0.1) is 0 Å². The molecule has 5 nitrogen and oxygen atoms in total. The van der Waals surface area contributed by atoms with Crippen LogP contribution in [0.5, 0.6) is 5.75 Å². The standard InChI is InChI=1S/C15H12BrNO4/c1-8-2-3-9(6-13(8)18)14(19)17-12-5-10(15(20)21)4-11(16)7-12/h2-7,18H,1H3,(H,17,19)(H,20,21). The molecular weight excluding hydrogens is 338 g/mol. The number of anilines is 1. The third kappa shape index (κ3) is 3.61. The average Bonchev–Trinajstić information content (AvgIpc) is 2.41. The number of aromatic hydroxyl groups is 1. The maximum Gasteiger partial charge on any atom is 0.335 e. The fourth-order valence-corrected chi connectivity index (χ4v) is 2.23. The van der Waals surface area contributed by atoms with Crippen LogP contribution >= 0.6 is 15.9 Å². The molecule has 0 aliphatic heterocycles. The van der Waals surface area contributed by atoms with E-state index in [-0.39, 0.29) is 16.9 Å². The molecule has 0 aliphatic carbocycles. The lowest BCUT2D eigenvalue weighted by Gasteiger charge is -2.08. The fourth-order valence-electron chi connectivity index (χ4n) is 1.74. The Morgan fingerprint density at radius 3 is 2.43 bits per heavy atom. The van der Waals surface area contributed by atoms with Crippen molar-refractivity contribution in [3.63, 3.8) is 0 Å². The number of benzene rings is 2. The van der Waals surface area contributed by atoms with Gasteiger partial charge in [-0.3, -0.25) is 4.79 Å². The molecule has 0 bridgehead atoms. The monoisotopic (exact) mass is 349 g/mol. The van der Waals surface area contributed by atoms with Crippen LogP contribution in [-0.2, 0) is 0 Å². The molecule has 21 heavy (non-hydrogen) atoms. The van der Waals surface area contributed by atoms with E-state index in [1.54, 1.807) is 25.1 Å². The first-order chi connectivity index (χ1) is 9.86. The number of phenolic OH excluding ortho intramolecular Hbond substituents is 1. The number of carboxylic acids is 1. The van der Waals surface area contributed by atoms with Gasteiger partial charge >= 0.3 is 5.97 Å². The summed E-state index contributed by atoms with van der Waals surface area (Å²) in [5.41, 5.74) is 1.37. The third-order valence-electron chi connectivity index (χ3n) is 2.87. The molecule has 0 aromatic heterocycles. The van der Waals surface area contributed by atoms with Crippen molar-refractivity contribution in [2.24, 2.45) is 0 Å². The van der Waals surface area contributed by atoms with Crippen molar-refractivity contribution < 1.29 is 19.8 Å². The maximum atomic E-state index is 12.1. The Balaban J connectivity index is 2.27. The second kappa shape index (κ2) is 5.97. The molecule has 1 amide bonds. The molecule has 6 heteroatoms. The molecule has 3 N–H and O–H groups in total. The second-order valence-electron chi connectivity index (χ2n) is 4.49. The minimum absolute atomic E-state index is 0.0307. The quantitative estimate of drug-likeness (QED) is 0.792. The molecule has 0 saturated heterocycles. The summed E-state index contributed by atoms with van der Waals surface area (Å²) >= 11 is 3.19. The van der Waals surface area contributed by atoms with E-state index in [9.17, 15) is 14.7 Å². The van der Waals surface area contributed by atoms with Crippen LogP contribution in [0.4, 0.5) is 5.69 Å². The highest BCUT2D eigenvalue weighted by molar-refractivity contribution is 9.10. The molecule has 0 radical (unpaired) electrons. The van der Waals surface area contributed by atoms with E-state index in [1.807, 2.05) is 0 Å². The smallest absolute Gasteiger partial charge is 0.335 e. The topological polar surface area (TPSA) is 86.6 Å². The molecular formula is C15H12BrNO4. The molecule has 108 valence electrons. The zero-order chi connectivity index (χ0) is 15.6. The van der Waals surface area contributed by atoms with Gasteiger partial charge in [0.05, 0.1) is 5.56 Å². The molecule has 0 fully saturated rings. The summed E-state index contributed by atoms with van der Waals surface area (Å²) in [6, 6.07) is 8.97. The molecule has 2 aromatic carbocycles. The van der Waals surface area contributed by atoms with Crippen molar-refractivity contribution in [3.8, 4) is 5.75 Å². The van der Waals surface area contributed by atoms with E-state index >= 15 is 0 Å². The number of aromatic carboxylic acids is 1. The number of amides is 1. The van der Waals surface area contributed by atoms with Crippen LogP contribution in [0, 0.1) is 6.92 Å². The van der Waals surface area contributed by atoms with Gasteiger partial charge in [-0.05, 0) is 42.8 Å². The first-order valence-electron chi connectivity index (χ1n) is 6.01. The van der Waals surface area contributed by atoms with Gasteiger partial charge in [0.15, 0.2) is 0 Å². The Kier molecular flexibility index (Phi) is 4.28. The van der Waals surface area contributed by atoms with Crippen molar-refractivity contribution >= 4 is 33.5 Å².